The average molecular weight is 215 g/mol. The second-order valence-electron chi connectivity index (χ2n) is 4.28. The number of esters is 1. The van der Waals surface area contributed by atoms with Crippen LogP contribution in [0.15, 0.2) is 0 Å². The van der Waals surface area contributed by atoms with Crippen molar-refractivity contribution in [2.45, 2.75) is 44.8 Å². The van der Waals surface area contributed by atoms with Crippen molar-refractivity contribution >= 4 is 5.97 Å². The third kappa shape index (κ3) is 2.00. The molecule has 2 aliphatic rings. The lowest BCUT2D eigenvalue weighted by molar-refractivity contribution is -0.163. The topological polar surface area (TPSA) is 56.8 Å². The van der Waals surface area contributed by atoms with E-state index in [4.69, 9.17) is 14.2 Å². The highest BCUT2D eigenvalue weighted by Gasteiger charge is 2.51. The van der Waals surface area contributed by atoms with Crippen LogP contribution >= 0.6 is 0 Å². The van der Waals surface area contributed by atoms with E-state index in [0.717, 1.165) is 0 Å². The molecule has 3 atom stereocenters. The molecule has 2 fully saturated rings. The summed E-state index contributed by atoms with van der Waals surface area (Å²) in [7, 11) is 0. The van der Waals surface area contributed by atoms with Gasteiger partial charge in [-0.1, -0.05) is 0 Å². The van der Waals surface area contributed by atoms with Gasteiger partial charge in [-0.15, -0.1) is 0 Å². The summed E-state index contributed by atoms with van der Waals surface area (Å²) < 4.78 is 16.3. The van der Waals surface area contributed by atoms with Crippen LogP contribution in [0, 0.1) is 0 Å². The lowest BCUT2D eigenvalue weighted by Crippen LogP contribution is -2.42. The largest absolute Gasteiger partial charge is 0.465 e. The summed E-state index contributed by atoms with van der Waals surface area (Å²) in [5.41, 5.74) is 0. The van der Waals surface area contributed by atoms with Gasteiger partial charge in [0, 0.05) is 6.54 Å². The molecule has 0 aromatic rings. The standard InChI is InChI=1S/C10H17NO4/c1-4-13-9(12)7-8-6(5-11-7)14-10(2,3)15-8/h6-8,11H,4-5H2,1-3H3/t6-,7?,8-/m1/s1. The summed E-state index contributed by atoms with van der Waals surface area (Å²) in [6.45, 7) is 6.53. The maximum Gasteiger partial charge on any atom is 0.325 e. The van der Waals surface area contributed by atoms with Crippen molar-refractivity contribution in [3.8, 4) is 0 Å². The fourth-order valence-electron chi connectivity index (χ4n) is 2.11. The van der Waals surface area contributed by atoms with Crippen LogP contribution in [0.4, 0.5) is 0 Å². The normalized spacial score (nSPS) is 37.7. The molecule has 2 heterocycles. The fourth-order valence-corrected chi connectivity index (χ4v) is 2.11. The van der Waals surface area contributed by atoms with Crippen molar-refractivity contribution < 1.29 is 19.0 Å². The lowest BCUT2D eigenvalue weighted by Gasteiger charge is -2.21. The van der Waals surface area contributed by atoms with E-state index in [1.807, 2.05) is 13.8 Å². The number of hydrogen-bond acceptors (Lipinski definition) is 5. The maximum absolute atomic E-state index is 11.6. The van der Waals surface area contributed by atoms with E-state index in [1.54, 1.807) is 6.92 Å². The molecule has 15 heavy (non-hydrogen) atoms. The number of carbonyl (C=O) groups is 1. The molecule has 0 saturated carbocycles. The number of carbonyl (C=O) groups excluding carboxylic acids is 1. The Bertz CT molecular complexity index is 266. The molecule has 1 N–H and O–H groups in total. The lowest BCUT2D eigenvalue weighted by atomic mass is 10.1. The van der Waals surface area contributed by atoms with Gasteiger partial charge in [0.05, 0.1) is 6.61 Å². The van der Waals surface area contributed by atoms with Gasteiger partial charge in [0.1, 0.15) is 18.2 Å². The molecule has 5 nitrogen and oxygen atoms in total. The second kappa shape index (κ2) is 3.73. The van der Waals surface area contributed by atoms with Gasteiger partial charge in [0.25, 0.3) is 0 Å². The second-order valence-corrected chi connectivity index (χ2v) is 4.28. The first-order valence-electron chi connectivity index (χ1n) is 5.29. The van der Waals surface area contributed by atoms with Crippen molar-refractivity contribution in [2.75, 3.05) is 13.2 Å². The fraction of sp³-hybridized carbons (Fsp3) is 0.900. The Morgan fingerprint density at radius 2 is 2.27 bits per heavy atom. The summed E-state index contributed by atoms with van der Waals surface area (Å²) >= 11 is 0. The highest BCUT2D eigenvalue weighted by Crippen LogP contribution is 2.32. The first kappa shape index (κ1) is 10.9. The Labute approximate surface area is 89.1 Å². The van der Waals surface area contributed by atoms with Crippen LogP contribution in [0.25, 0.3) is 0 Å². The summed E-state index contributed by atoms with van der Waals surface area (Å²) in [6.07, 6.45) is -0.270. The maximum atomic E-state index is 11.6. The molecular weight excluding hydrogens is 198 g/mol. The van der Waals surface area contributed by atoms with Crippen molar-refractivity contribution in [1.82, 2.24) is 5.32 Å². The molecule has 1 unspecified atom stereocenters. The molecule has 0 aromatic carbocycles. The smallest absolute Gasteiger partial charge is 0.325 e. The first-order chi connectivity index (χ1) is 7.03. The van der Waals surface area contributed by atoms with Gasteiger partial charge in [-0.2, -0.15) is 0 Å². The molecule has 0 bridgehead atoms. The van der Waals surface area contributed by atoms with Crippen molar-refractivity contribution in [1.29, 1.82) is 0 Å². The predicted molar refractivity (Wildman–Crippen MR) is 52.2 cm³/mol. The zero-order valence-electron chi connectivity index (χ0n) is 9.28. The molecule has 0 aromatic heterocycles. The van der Waals surface area contributed by atoms with Crippen LogP contribution in [0.2, 0.25) is 0 Å². The van der Waals surface area contributed by atoms with E-state index in [2.05, 4.69) is 5.32 Å². The first-order valence-corrected chi connectivity index (χ1v) is 5.29. The minimum atomic E-state index is -0.595. The van der Waals surface area contributed by atoms with Gasteiger partial charge in [0.15, 0.2) is 5.79 Å². The van der Waals surface area contributed by atoms with E-state index >= 15 is 0 Å². The van der Waals surface area contributed by atoms with Crippen LogP contribution in [-0.2, 0) is 19.0 Å². The summed E-state index contributed by atoms with van der Waals surface area (Å²) in [5, 5.41) is 3.06. The van der Waals surface area contributed by atoms with Gasteiger partial charge in [-0.05, 0) is 20.8 Å². The molecular formula is C10H17NO4. The van der Waals surface area contributed by atoms with E-state index in [1.165, 1.54) is 0 Å². The van der Waals surface area contributed by atoms with Crippen LogP contribution in [0.1, 0.15) is 20.8 Å². The molecule has 2 rings (SSSR count). The molecule has 0 spiro atoms. The Morgan fingerprint density at radius 3 is 2.93 bits per heavy atom. The predicted octanol–water partition coefficient (Wildman–Crippen LogP) is 0.0414. The highest BCUT2D eigenvalue weighted by atomic mass is 16.8. The van der Waals surface area contributed by atoms with Crippen LogP contribution in [-0.4, -0.2) is 43.2 Å². The number of ether oxygens (including phenoxy) is 3. The third-order valence-corrected chi connectivity index (χ3v) is 2.63. The van der Waals surface area contributed by atoms with Crippen LogP contribution in [0.5, 0.6) is 0 Å². The molecule has 2 saturated heterocycles. The minimum Gasteiger partial charge on any atom is -0.465 e. The number of nitrogens with one attached hydrogen (secondary N) is 1. The van der Waals surface area contributed by atoms with Crippen molar-refractivity contribution in [3.05, 3.63) is 0 Å². The van der Waals surface area contributed by atoms with E-state index in [9.17, 15) is 4.79 Å². The van der Waals surface area contributed by atoms with Crippen LogP contribution in [0.3, 0.4) is 0 Å². The zero-order chi connectivity index (χ0) is 11.1. The van der Waals surface area contributed by atoms with Gasteiger partial charge in [-0.25, -0.2) is 0 Å². The summed E-state index contributed by atoms with van der Waals surface area (Å²) in [6, 6.07) is -0.392. The summed E-state index contributed by atoms with van der Waals surface area (Å²) in [5.74, 6) is -0.853. The Balaban J connectivity index is 2.02. The molecule has 86 valence electrons. The number of rotatable bonds is 2. The van der Waals surface area contributed by atoms with Crippen molar-refractivity contribution in [3.63, 3.8) is 0 Å². The Morgan fingerprint density at radius 1 is 1.53 bits per heavy atom. The minimum absolute atomic E-state index is 0.0468. The van der Waals surface area contributed by atoms with Gasteiger partial charge in [-0.3, -0.25) is 10.1 Å². The van der Waals surface area contributed by atoms with Gasteiger partial charge >= 0.3 is 5.97 Å². The number of fused-ring (bicyclic) bond motifs is 1. The van der Waals surface area contributed by atoms with Gasteiger partial charge in [0.2, 0.25) is 0 Å². The van der Waals surface area contributed by atoms with E-state index in [0.29, 0.717) is 13.2 Å². The van der Waals surface area contributed by atoms with Crippen LogP contribution < -0.4 is 5.32 Å². The van der Waals surface area contributed by atoms with E-state index in [-0.39, 0.29) is 18.2 Å². The molecule has 2 aliphatic heterocycles. The average Bonchev–Trinajstić information content (AvgIpc) is 2.59. The highest BCUT2D eigenvalue weighted by molar-refractivity contribution is 5.77. The van der Waals surface area contributed by atoms with Crippen molar-refractivity contribution in [2.24, 2.45) is 0 Å². The third-order valence-electron chi connectivity index (χ3n) is 2.63. The molecule has 0 radical (unpaired) electrons. The quantitative estimate of drug-likeness (QED) is 0.659. The number of hydrogen-bond donors (Lipinski definition) is 1. The molecule has 0 amide bonds. The monoisotopic (exact) mass is 215 g/mol. The Hall–Kier alpha value is -0.650. The van der Waals surface area contributed by atoms with E-state index < -0.39 is 11.8 Å². The molecule has 5 heteroatoms. The Kier molecular flexibility index (Phi) is 2.70. The zero-order valence-corrected chi connectivity index (χ0v) is 9.28. The summed E-state index contributed by atoms with van der Waals surface area (Å²) in [4.78, 5) is 11.6. The molecule has 0 aliphatic carbocycles. The SMILES string of the molecule is CCOC(=O)C1NC[C@H]2OC(C)(C)O[C@@H]12. The van der Waals surface area contributed by atoms with Gasteiger partial charge < -0.3 is 14.2 Å².